The monoisotopic (exact) mass is 518 g/mol. The van der Waals surface area contributed by atoms with Gasteiger partial charge in [0.15, 0.2) is 8.32 Å². The lowest BCUT2D eigenvalue weighted by molar-refractivity contribution is -0.238. The average Bonchev–Trinajstić information content (AvgIpc) is 2.83. The first-order chi connectivity index (χ1) is 16.6. The molecule has 1 fully saturated rings. The van der Waals surface area contributed by atoms with Crippen LogP contribution in [0, 0.1) is 0 Å². The Bertz CT molecular complexity index is 874. The summed E-state index contributed by atoms with van der Waals surface area (Å²) in [5.41, 5.74) is 1.73. The smallest absolute Gasteiger partial charge is 0.192 e. The zero-order valence-electron chi connectivity index (χ0n) is 22.0. The number of benzene rings is 2. The standard InChI is InChI=1S/C28H42O5SSi/c1-7-34-27-24(29)26(31-19-22-16-12-9-13-17-22)25(30-18-21-14-10-8-11-15-21)23(33-27)20-32-35(5,6)28(2,3)4/h8-17,23-27,29H,7,18-20H2,1-6H3/t23-,24-,25-,26-,27?/m1/s1. The molecule has 1 saturated heterocycles. The first-order valence-corrected chi connectivity index (χ1v) is 16.5. The highest BCUT2D eigenvalue weighted by molar-refractivity contribution is 7.99. The van der Waals surface area contributed by atoms with Crippen molar-refractivity contribution < 1.29 is 23.7 Å². The Kier molecular flexibility index (Phi) is 10.4. The minimum absolute atomic E-state index is 0.0857. The lowest BCUT2D eigenvalue weighted by Gasteiger charge is -2.45. The molecule has 194 valence electrons. The summed E-state index contributed by atoms with van der Waals surface area (Å²) in [5.74, 6) is 0.832. The van der Waals surface area contributed by atoms with Crippen LogP contribution < -0.4 is 0 Å². The molecule has 1 aliphatic rings. The van der Waals surface area contributed by atoms with E-state index >= 15 is 0 Å². The van der Waals surface area contributed by atoms with Gasteiger partial charge in [0.25, 0.3) is 0 Å². The first kappa shape index (κ1) is 28.4. The number of aliphatic hydroxyl groups is 1. The number of rotatable bonds is 11. The third kappa shape index (κ3) is 7.89. The molecule has 1 heterocycles. The minimum atomic E-state index is -2.00. The molecule has 1 N–H and O–H groups in total. The highest BCUT2D eigenvalue weighted by Crippen LogP contribution is 2.38. The number of hydrogen-bond donors (Lipinski definition) is 1. The highest BCUT2D eigenvalue weighted by atomic mass is 32.2. The summed E-state index contributed by atoms with van der Waals surface area (Å²) in [5, 5.41) is 11.4. The summed E-state index contributed by atoms with van der Waals surface area (Å²) in [6.07, 6.45) is -2.16. The minimum Gasteiger partial charge on any atom is -0.414 e. The van der Waals surface area contributed by atoms with Gasteiger partial charge >= 0.3 is 0 Å². The van der Waals surface area contributed by atoms with E-state index in [-0.39, 0.29) is 11.1 Å². The van der Waals surface area contributed by atoms with Gasteiger partial charge in [-0.1, -0.05) is 88.4 Å². The molecule has 0 spiro atoms. The van der Waals surface area contributed by atoms with Crippen molar-refractivity contribution in [2.45, 2.75) is 88.9 Å². The summed E-state index contributed by atoms with van der Waals surface area (Å²) in [6, 6.07) is 20.1. The second-order valence-electron chi connectivity index (χ2n) is 10.6. The quantitative estimate of drug-likeness (QED) is 0.367. The molecule has 0 amide bonds. The van der Waals surface area contributed by atoms with Gasteiger partial charge in [0, 0.05) is 0 Å². The van der Waals surface area contributed by atoms with Crippen molar-refractivity contribution in [3.63, 3.8) is 0 Å². The van der Waals surface area contributed by atoms with Crippen LogP contribution in [0.2, 0.25) is 18.1 Å². The Balaban J connectivity index is 1.83. The van der Waals surface area contributed by atoms with E-state index in [1.807, 2.05) is 60.7 Å². The van der Waals surface area contributed by atoms with Crippen LogP contribution in [0.1, 0.15) is 38.8 Å². The van der Waals surface area contributed by atoms with E-state index < -0.39 is 32.1 Å². The zero-order chi connectivity index (χ0) is 25.5. The van der Waals surface area contributed by atoms with Crippen LogP contribution in [0.4, 0.5) is 0 Å². The number of aliphatic hydroxyl groups excluding tert-OH is 1. The van der Waals surface area contributed by atoms with Crippen LogP contribution in [0.5, 0.6) is 0 Å². The second-order valence-corrected chi connectivity index (χ2v) is 16.8. The predicted octanol–water partition coefficient (Wildman–Crippen LogP) is 6.02. The van der Waals surface area contributed by atoms with Crippen LogP contribution in [0.3, 0.4) is 0 Å². The van der Waals surface area contributed by atoms with Gasteiger partial charge in [-0.2, -0.15) is 0 Å². The fourth-order valence-corrected chi connectivity index (χ4v) is 5.68. The Labute approximate surface area is 216 Å². The van der Waals surface area contributed by atoms with Crippen molar-refractivity contribution in [3.8, 4) is 0 Å². The van der Waals surface area contributed by atoms with Crippen LogP contribution in [0.25, 0.3) is 0 Å². The average molecular weight is 519 g/mol. The van der Waals surface area contributed by atoms with Crippen LogP contribution >= 0.6 is 11.8 Å². The fraction of sp³-hybridized carbons (Fsp3) is 0.571. The topological polar surface area (TPSA) is 57.2 Å². The largest absolute Gasteiger partial charge is 0.414 e. The third-order valence-electron chi connectivity index (χ3n) is 6.93. The molecule has 1 unspecified atom stereocenters. The number of hydrogen-bond acceptors (Lipinski definition) is 6. The van der Waals surface area contributed by atoms with E-state index in [2.05, 4.69) is 40.8 Å². The molecule has 1 aliphatic heterocycles. The van der Waals surface area contributed by atoms with E-state index in [4.69, 9.17) is 18.6 Å². The van der Waals surface area contributed by atoms with E-state index in [1.54, 1.807) is 11.8 Å². The SMILES string of the molecule is CCSC1O[C@H](CO[Si](C)(C)C(C)(C)C)[C@@H](OCc2ccccc2)[C@H](OCc2ccccc2)[C@H]1O. The van der Waals surface area contributed by atoms with Gasteiger partial charge in [-0.05, 0) is 35.0 Å². The van der Waals surface area contributed by atoms with Gasteiger partial charge in [-0.15, -0.1) is 11.8 Å². The maximum absolute atomic E-state index is 11.3. The summed E-state index contributed by atoms with van der Waals surface area (Å²) in [4.78, 5) is 0. The molecule has 0 bridgehead atoms. The third-order valence-corrected chi connectivity index (χ3v) is 12.5. The molecular formula is C28H42O5SSi. The normalized spacial score (nSPS) is 25.5. The van der Waals surface area contributed by atoms with Crippen molar-refractivity contribution in [1.82, 2.24) is 0 Å². The molecule has 0 radical (unpaired) electrons. The van der Waals surface area contributed by atoms with Gasteiger partial charge in [-0.3, -0.25) is 0 Å². The van der Waals surface area contributed by atoms with Gasteiger partial charge < -0.3 is 23.7 Å². The van der Waals surface area contributed by atoms with E-state index in [9.17, 15) is 5.11 Å². The fourth-order valence-electron chi connectivity index (χ4n) is 3.76. The highest BCUT2D eigenvalue weighted by Gasteiger charge is 2.48. The molecule has 2 aromatic rings. The second kappa shape index (κ2) is 12.9. The molecule has 35 heavy (non-hydrogen) atoms. The maximum atomic E-state index is 11.3. The molecule has 5 atom stereocenters. The zero-order valence-corrected chi connectivity index (χ0v) is 23.8. The van der Waals surface area contributed by atoms with Crippen molar-refractivity contribution in [1.29, 1.82) is 0 Å². The molecule has 0 aromatic heterocycles. The molecule has 0 saturated carbocycles. The Morgan fingerprint density at radius 1 is 0.886 bits per heavy atom. The van der Waals surface area contributed by atoms with E-state index in [0.29, 0.717) is 19.8 Å². The molecular weight excluding hydrogens is 476 g/mol. The van der Waals surface area contributed by atoms with Gasteiger partial charge in [0.1, 0.15) is 29.9 Å². The van der Waals surface area contributed by atoms with Gasteiger partial charge in [0.2, 0.25) is 0 Å². The first-order valence-electron chi connectivity index (χ1n) is 12.5. The number of thioether (sulfide) groups is 1. The molecule has 0 aliphatic carbocycles. The number of ether oxygens (including phenoxy) is 3. The van der Waals surface area contributed by atoms with Gasteiger partial charge in [-0.25, -0.2) is 0 Å². The molecule has 5 nitrogen and oxygen atoms in total. The Hall–Kier alpha value is -1.19. The molecule has 2 aromatic carbocycles. The van der Waals surface area contributed by atoms with Crippen LogP contribution in [-0.2, 0) is 31.9 Å². The molecule has 3 rings (SSSR count). The lowest BCUT2D eigenvalue weighted by Crippen LogP contribution is -2.60. The van der Waals surface area contributed by atoms with E-state index in [0.717, 1.165) is 16.9 Å². The van der Waals surface area contributed by atoms with Crippen molar-refractivity contribution in [2.24, 2.45) is 0 Å². The van der Waals surface area contributed by atoms with Crippen LogP contribution in [0.15, 0.2) is 60.7 Å². The summed E-state index contributed by atoms with van der Waals surface area (Å²) < 4.78 is 25.8. The van der Waals surface area contributed by atoms with Crippen LogP contribution in [-0.4, -0.2) is 55.6 Å². The van der Waals surface area contributed by atoms with Crippen molar-refractivity contribution in [3.05, 3.63) is 71.8 Å². The maximum Gasteiger partial charge on any atom is 0.192 e. The predicted molar refractivity (Wildman–Crippen MR) is 146 cm³/mol. The molecule has 7 heteroatoms. The Morgan fingerprint density at radius 2 is 1.40 bits per heavy atom. The lowest BCUT2D eigenvalue weighted by atomic mass is 9.99. The van der Waals surface area contributed by atoms with E-state index in [1.165, 1.54) is 0 Å². The summed E-state index contributed by atoms with van der Waals surface area (Å²) >= 11 is 1.59. The summed E-state index contributed by atoms with van der Waals surface area (Å²) in [7, 11) is -2.00. The summed E-state index contributed by atoms with van der Waals surface area (Å²) in [6.45, 7) is 14.5. The Morgan fingerprint density at radius 3 is 1.89 bits per heavy atom. The van der Waals surface area contributed by atoms with Gasteiger partial charge in [0.05, 0.1) is 19.8 Å². The van der Waals surface area contributed by atoms with Crippen molar-refractivity contribution >= 4 is 20.1 Å². The van der Waals surface area contributed by atoms with Crippen molar-refractivity contribution in [2.75, 3.05) is 12.4 Å².